The van der Waals surface area contributed by atoms with Crippen LogP contribution < -0.4 is 4.74 Å². The predicted molar refractivity (Wildman–Crippen MR) is 46.9 cm³/mol. The number of hydrogen-bond donors (Lipinski definition) is 0. The molecule has 0 saturated heterocycles. The molecule has 0 saturated carbocycles. The first-order chi connectivity index (χ1) is 6.36. The van der Waals surface area contributed by atoms with Gasteiger partial charge in [0, 0.05) is 0 Å². The van der Waals surface area contributed by atoms with Crippen LogP contribution in [0.5, 0.6) is 5.75 Å². The Kier molecular flexibility index (Phi) is 3.35. The highest BCUT2D eigenvalue weighted by molar-refractivity contribution is 5.36. The fraction of sp³-hybridized carbons (Fsp3) is 0.200. The molecule has 0 aliphatic rings. The summed E-state index contributed by atoms with van der Waals surface area (Å²) in [6.45, 7) is 0.366. The van der Waals surface area contributed by atoms with Gasteiger partial charge in [0.25, 0.3) is 0 Å². The maximum absolute atomic E-state index is 8.58. The summed E-state index contributed by atoms with van der Waals surface area (Å²) in [5.74, 6) is 0.634. The number of nitriles is 2. The van der Waals surface area contributed by atoms with Gasteiger partial charge >= 0.3 is 0 Å². The van der Waals surface area contributed by atoms with Crippen LogP contribution in [0.25, 0.3) is 0 Å². The van der Waals surface area contributed by atoms with E-state index in [1.807, 2.05) is 12.1 Å². The van der Waals surface area contributed by atoms with E-state index >= 15 is 0 Å². The van der Waals surface area contributed by atoms with Gasteiger partial charge in [-0.2, -0.15) is 10.5 Å². The molecule has 13 heavy (non-hydrogen) atoms. The maximum Gasteiger partial charge on any atom is 0.120 e. The van der Waals surface area contributed by atoms with Gasteiger partial charge in [0.05, 0.1) is 24.1 Å². The number of benzene rings is 1. The Bertz CT molecular complexity index is 360. The second-order valence-corrected chi connectivity index (χ2v) is 2.40. The van der Waals surface area contributed by atoms with Crippen LogP contribution in [0, 0.1) is 22.7 Å². The molecular formula is C10H8N2O. The average molecular weight is 172 g/mol. The molecule has 0 amide bonds. The monoisotopic (exact) mass is 172 g/mol. The third-order valence-electron chi connectivity index (χ3n) is 1.45. The molecule has 0 spiro atoms. The van der Waals surface area contributed by atoms with E-state index < -0.39 is 0 Å². The van der Waals surface area contributed by atoms with Crippen LogP contribution in [-0.2, 0) is 0 Å². The normalized spacial score (nSPS) is 8.46. The van der Waals surface area contributed by atoms with Crippen LogP contribution in [0.1, 0.15) is 12.0 Å². The van der Waals surface area contributed by atoms with E-state index in [-0.39, 0.29) is 0 Å². The van der Waals surface area contributed by atoms with Crippen molar-refractivity contribution in [2.75, 3.05) is 6.61 Å². The van der Waals surface area contributed by atoms with Gasteiger partial charge in [-0.15, -0.1) is 0 Å². The molecule has 0 heterocycles. The van der Waals surface area contributed by atoms with Crippen molar-refractivity contribution < 1.29 is 4.74 Å². The zero-order chi connectivity index (χ0) is 9.52. The van der Waals surface area contributed by atoms with Crippen LogP contribution >= 0.6 is 0 Å². The Morgan fingerprint density at radius 1 is 1.31 bits per heavy atom. The summed E-state index contributed by atoms with van der Waals surface area (Å²) in [4.78, 5) is 0. The van der Waals surface area contributed by atoms with Gasteiger partial charge in [-0.1, -0.05) is 6.07 Å². The zero-order valence-electron chi connectivity index (χ0n) is 7.03. The molecule has 64 valence electrons. The smallest absolute Gasteiger partial charge is 0.120 e. The lowest BCUT2D eigenvalue weighted by Crippen LogP contribution is -1.95. The molecule has 0 aromatic heterocycles. The van der Waals surface area contributed by atoms with Gasteiger partial charge in [0.15, 0.2) is 0 Å². The highest BCUT2D eigenvalue weighted by Gasteiger charge is 1.94. The van der Waals surface area contributed by atoms with Crippen LogP contribution in [0.15, 0.2) is 24.3 Å². The Hall–Kier alpha value is -2.00. The molecule has 1 aromatic rings. The molecule has 0 radical (unpaired) electrons. The second kappa shape index (κ2) is 4.79. The number of ether oxygens (including phenoxy) is 1. The SMILES string of the molecule is N#CCCOc1cccc(C#N)c1. The van der Waals surface area contributed by atoms with Crippen LogP contribution in [-0.4, -0.2) is 6.61 Å². The molecule has 0 N–H and O–H groups in total. The van der Waals surface area contributed by atoms with Crippen LogP contribution in [0.4, 0.5) is 0 Å². The summed E-state index contributed by atoms with van der Waals surface area (Å²) in [6, 6.07) is 10.9. The first-order valence-electron chi connectivity index (χ1n) is 3.86. The van der Waals surface area contributed by atoms with Crippen molar-refractivity contribution in [1.82, 2.24) is 0 Å². The Morgan fingerprint density at radius 2 is 2.15 bits per heavy atom. The molecule has 0 atom stereocenters. The van der Waals surface area contributed by atoms with Crippen molar-refractivity contribution in [2.45, 2.75) is 6.42 Å². The largest absolute Gasteiger partial charge is 0.492 e. The van der Waals surface area contributed by atoms with E-state index in [1.54, 1.807) is 24.3 Å². The highest BCUT2D eigenvalue weighted by Crippen LogP contribution is 2.12. The van der Waals surface area contributed by atoms with E-state index in [1.165, 1.54) is 0 Å². The fourth-order valence-corrected chi connectivity index (χ4v) is 0.870. The van der Waals surface area contributed by atoms with Crippen molar-refractivity contribution in [2.24, 2.45) is 0 Å². The lowest BCUT2D eigenvalue weighted by molar-refractivity contribution is 0.326. The fourth-order valence-electron chi connectivity index (χ4n) is 0.870. The lowest BCUT2D eigenvalue weighted by Gasteiger charge is -2.02. The van der Waals surface area contributed by atoms with Gasteiger partial charge < -0.3 is 4.74 Å². The van der Waals surface area contributed by atoms with Crippen molar-refractivity contribution in [3.05, 3.63) is 29.8 Å². The standard InChI is InChI=1S/C10H8N2O/c11-5-2-6-13-10-4-1-3-9(7-10)8-12/h1,3-4,7H,2,6H2. The Morgan fingerprint density at radius 3 is 2.85 bits per heavy atom. The van der Waals surface area contributed by atoms with Gasteiger partial charge in [-0.3, -0.25) is 0 Å². The molecule has 0 unspecified atom stereocenters. The third-order valence-corrected chi connectivity index (χ3v) is 1.45. The van der Waals surface area contributed by atoms with Crippen molar-refractivity contribution in [3.8, 4) is 17.9 Å². The molecule has 0 fully saturated rings. The zero-order valence-corrected chi connectivity index (χ0v) is 7.03. The van der Waals surface area contributed by atoms with Crippen LogP contribution in [0.3, 0.4) is 0 Å². The molecule has 0 bridgehead atoms. The summed E-state index contributed by atoms with van der Waals surface area (Å²) in [6.07, 6.45) is 0.358. The summed E-state index contributed by atoms with van der Waals surface area (Å²) < 4.78 is 5.22. The minimum atomic E-state index is 0.358. The van der Waals surface area contributed by atoms with E-state index in [4.69, 9.17) is 15.3 Å². The van der Waals surface area contributed by atoms with Gasteiger partial charge in [-0.05, 0) is 18.2 Å². The molecule has 1 aromatic carbocycles. The number of nitrogens with zero attached hydrogens (tertiary/aromatic N) is 2. The molecule has 1 rings (SSSR count). The van der Waals surface area contributed by atoms with Crippen molar-refractivity contribution in [3.63, 3.8) is 0 Å². The summed E-state index contributed by atoms with van der Waals surface area (Å²) in [7, 11) is 0. The van der Waals surface area contributed by atoms with Crippen molar-refractivity contribution in [1.29, 1.82) is 10.5 Å². The summed E-state index contributed by atoms with van der Waals surface area (Å²) in [5.41, 5.74) is 0.564. The third kappa shape index (κ3) is 2.84. The lowest BCUT2D eigenvalue weighted by atomic mass is 10.2. The van der Waals surface area contributed by atoms with Gasteiger partial charge in [-0.25, -0.2) is 0 Å². The molecule has 3 heteroatoms. The first-order valence-corrected chi connectivity index (χ1v) is 3.86. The molecule has 3 nitrogen and oxygen atoms in total. The van der Waals surface area contributed by atoms with Gasteiger partial charge in [0.2, 0.25) is 0 Å². The first kappa shape index (κ1) is 9.09. The minimum absolute atomic E-state index is 0.358. The summed E-state index contributed by atoms with van der Waals surface area (Å²) in [5, 5.41) is 16.8. The number of hydrogen-bond acceptors (Lipinski definition) is 3. The second-order valence-electron chi connectivity index (χ2n) is 2.40. The van der Waals surface area contributed by atoms with Gasteiger partial charge in [0.1, 0.15) is 12.4 Å². The minimum Gasteiger partial charge on any atom is -0.492 e. The topological polar surface area (TPSA) is 56.8 Å². The maximum atomic E-state index is 8.58. The predicted octanol–water partition coefficient (Wildman–Crippen LogP) is 1.85. The van der Waals surface area contributed by atoms with E-state index in [9.17, 15) is 0 Å². The molecular weight excluding hydrogens is 164 g/mol. The van der Waals surface area contributed by atoms with Crippen molar-refractivity contribution >= 4 is 0 Å². The number of rotatable bonds is 3. The Balaban J connectivity index is 2.59. The van der Waals surface area contributed by atoms with E-state index in [0.29, 0.717) is 24.3 Å². The molecule has 0 aliphatic heterocycles. The van der Waals surface area contributed by atoms with Crippen LogP contribution in [0.2, 0.25) is 0 Å². The highest BCUT2D eigenvalue weighted by atomic mass is 16.5. The van der Waals surface area contributed by atoms with E-state index in [0.717, 1.165) is 0 Å². The Labute approximate surface area is 76.8 Å². The molecule has 0 aliphatic carbocycles. The average Bonchev–Trinajstić information content (AvgIpc) is 2.19. The van der Waals surface area contributed by atoms with E-state index in [2.05, 4.69) is 0 Å². The summed E-state index contributed by atoms with van der Waals surface area (Å²) >= 11 is 0. The quantitative estimate of drug-likeness (QED) is 0.654.